The first kappa shape index (κ1) is 15.6. The lowest BCUT2D eigenvalue weighted by Gasteiger charge is -2.32. The van der Waals surface area contributed by atoms with Crippen LogP contribution in [0.3, 0.4) is 0 Å². The number of likely N-dealkylation sites (tertiary alicyclic amines) is 1. The number of ether oxygens (including phenoxy) is 1. The first-order chi connectivity index (χ1) is 10.2. The molecule has 2 rings (SSSR count). The second kappa shape index (κ2) is 7.82. The van der Waals surface area contributed by atoms with Crippen LogP contribution in [0.25, 0.3) is 0 Å². The van der Waals surface area contributed by atoms with Crippen LogP contribution in [0.15, 0.2) is 24.3 Å². The standard InChI is InChI=1S/C17H21NO3/c1-2-21-16-6-3-11-18(13-16)17(20)15-9-7-14(8-10-15)5-4-12-19/h7-10,16,19H,2-3,6,11-13H2,1H3. The predicted octanol–water partition coefficient (Wildman–Crippen LogP) is 1.67. The van der Waals surface area contributed by atoms with Crippen molar-refractivity contribution < 1.29 is 14.6 Å². The summed E-state index contributed by atoms with van der Waals surface area (Å²) < 4.78 is 5.63. The molecule has 0 radical (unpaired) electrons. The zero-order chi connectivity index (χ0) is 15.1. The molecule has 0 bridgehead atoms. The number of carbonyl (C=O) groups is 1. The Balaban J connectivity index is 2.02. The Hall–Kier alpha value is -1.83. The molecule has 4 nitrogen and oxygen atoms in total. The molecule has 21 heavy (non-hydrogen) atoms. The van der Waals surface area contributed by atoms with E-state index in [1.165, 1.54) is 0 Å². The molecule has 1 amide bonds. The molecule has 1 aliphatic heterocycles. The molecule has 1 aliphatic rings. The number of benzene rings is 1. The van der Waals surface area contributed by atoms with Gasteiger partial charge in [-0.3, -0.25) is 4.79 Å². The molecule has 0 aliphatic carbocycles. The zero-order valence-electron chi connectivity index (χ0n) is 12.3. The normalized spacial score (nSPS) is 18.0. The van der Waals surface area contributed by atoms with Gasteiger partial charge in [0.15, 0.2) is 0 Å². The summed E-state index contributed by atoms with van der Waals surface area (Å²) in [6.07, 6.45) is 2.16. The number of carbonyl (C=O) groups excluding carboxylic acids is 1. The minimum absolute atomic E-state index is 0.0427. The molecule has 112 valence electrons. The smallest absolute Gasteiger partial charge is 0.253 e. The molecule has 1 heterocycles. The minimum Gasteiger partial charge on any atom is -0.384 e. The summed E-state index contributed by atoms with van der Waals surface area (Å²) in [5.74, 6) is 5.45. The Labute approximate surface area is 125 Å². The van der Waals surface area contributed by atoms with Crippen LogP contribution < -0.4 is 0 Å². The van der Waals surface area contributed by atoms with Gasteiger partial charge in [-0.25, -0.2) is 0 Å². The molecule has 1 fully saturated rings. The third-order valence-electron chi connectivity index (χ3n) is 3.51. The van der Waals surface area contributed by atoms with E-state index in [9.17, 15) is 4.79 Å². The summed E-state index contributed by atoms with van der Waals surface area (Å²) in [6, 6.07) is 7.18. The van der Waals surface area contributed by atoms with Crippen LogP contribution >= 0.6 is 0 Å². The van der Waals surface area contributed by atoms with Crippen molar-refractivity contribution in [1.82, 2.24) is 4.90 Å². The van der Waals surface area contributed by atoms with Crippen LogP contribution in [-0.4, -0.2) is 48.3 Å². The van der Waals surface area contributed by atoms with Gasteiger partial charge in [0.2, 0.25) is 0 Å². The van der Waals surface area contributed by atoms with Crippen LogP contribution in [0.2, 0.25) is 0 Å². The Bertz CT molecular complexity index is 525. The van der Waals surface area contributed by atoms with E-state index in [-0.39, 0.29) is 18.6 Å². The van der Waals surface area contributed by atoms with Gasteiger partial charge in [-0.2, -0.15) is 0 Å². The number of piperidine rings is 1. The lowest BCUT2D eigenvalue weighted by Crippen LogP contribution is -2.43. The predicted molar refractivity (Wildman–Crippen MR) is 81.0 cm³/mol. The lowest BCUT2D eigenvalue weighted by molar-refractivity contribution is 0.00724. The molecule has 1 atom stereocenters. The van der Waals surface area contributed by atoms with E-state index in [0.29, 0.717) is 18.7 Å². The van der Waals surface area contributed by atoms with Gasteiger partial charge in [-0.15, -0.1) is 0 Å². The lowest BCUT2D eigenvalue weighted by atomic mass is 10.1. The Morgan fingerprint density at radius 2 is 2.19 bits per heavy atom. The van der Waals surface area contributed by atoms with Gasteiger partial charge >= 0.3 is 0 Å². The van der Waals surface area contributed by atoms with Crippen molar-refractivity contribution in [3.63, 3.8) is 0 Å². The molecule has 0 aromatic heterocycles. The maximum absolute atomic E-state index is 12.5. The number of hydrogen-bond acceptors (Lipinski definition) is 3. The molecule has 4 heteroatoms. The van der Waals surface area contributed by atoms with Crippen molar-refractivity contribution in [3.8, 4) is 11.8 Å². The highest BCUT2D eigenvalue weighted by molar-refractivity contribution is 5.94. The quantitative estimate of drug-likeness (QED) is 0.860. The summed E-state index contributed by atoms with van der Waals surface area (Å²) in [5.41, 5.74) is 1.47. The van der Waals surface area contributed by atoms with Gasteiger partial charge in [0.1, 0.15) is 6.61 Å². The van der Waals surface area contributed by atoms with Gasteiger partial charge in [0.25, 0.3) is 5.91 Å². The topological polar surface area (TPSA) is 49.8 Å². The molecule has 1 N–H and O–H groups in total. The van der Waals surface area contributed by atoms with Crippen LogP contribution in [0.5, 0.6) is 0 Å². The first-order valence-electron chi connectivity index (χ1n) is 7.35. The fourth-order valence-electron chi connectivity index (χ4n) is 2.51. The van der Waals surface area contributed by atoms with Crippen molar-refractivity contribution in [2.45, 2.75) is 25.9 Å². The second-order valence-electron chi connectivity index (χ2n) is 5.01. The highest BCUT2D eigenvalue weighted by Gasteiger charge is 2.24. The van der Waals surface area contributed by atoms with Gasteiger partial charge in [0.05, 0.1) is 6.10 Å². The highest BCUT2D eigenvalue weighted by Crippen LogP contribution is 2.16. The van der Waals surface area contributed by atoms with Crippen molar-refractivity contribution in [3.05, 3.63) is 35.4 Å². The summed E-state index contributed by atoms with van der Waals surface area (Å²) in [7, 11) is 0. The van der Waals surface area contributed by atoms with Crippen LogP contribution in [0, 0.1) is 11.8 Å². The van der Waals surface area contributed by atoms with Gasteiger partial charge in [-0.05, 0) is 44.0 Å². The highest BCUT2D eigenvalue weighted by atomic mass is 16.5. The van der Waals surface area contributed by atoms with E-state index in [4.69, 9.17) is 9.84 Å². The molecular formula is C17H21NO3. The summed E-state index contributed by atoms with van der Waals surface area (Å²) in [5, 5.41) is 8.66. The molecule has 1 aromatic rings. The van der Waals surface area contributed by atoms with E-state index in [2.05, 4.69) is 11.8 Å². The third kappa shape index (κ3) is 4.32. The molecule has 0 spiro atoms. The molecule has 1 aromatic carbocycles. The van der Waals surface area contributed by atoms with Gasteiger partial charge in [0, 0.05) is 30.8 Å². The van der Waals surface area contributed by atoms with E-state index < -0.39 is 0 Å². The van der Waals surface area contributed by atoms with E-state index in [0.717, 1.165) is 24.9 Å². The van der Waals surface area contributed by atoms with Crippen LogP contribution in [0.4, 0.5) is 0 Å². The fourth-order valence-corrected chi connectivity index (χ4v) is 2.51. The minimum atomic E-state index is -0.159. The summed E-state index contributed by atoms with van der Waals surface area (Å²) in [6.45, 7) is 3.96. The molecule has 1 saturated heterocycles. The number of nitrogens with zero attached hydrogens (tertiary/aromatic N) is 1. The second-order valence-corrected chi connectivity index (χ2v) is 5.01. The van der Waals surface area contributed by atoms with Gasteiger partial charge in [-0.1, -0.05) is 11.8 Å². The molecule has 0 saturated carbocycles. The molecule has 1 unspecified atom stereocenters. The van der Waals surface area contributed by atoms with Crippen LogP contribution in [0.1, 0.15) is 35.7 Å². The van der Waals surface area contributed by atoms with Crippen molar-refractivity contribution in [1.29, 1.82) is 0 Å². The number of amides is 1. The number of aliphatic hydroxyl groups is 1. The number of hydrogen-bond donors (Lipinski definition) is 1. The maximum atomic E-state index is 12.5. The SMILES string of the molecule is CCOC1CCCN(C(=O)c2ccc(C#CCO)cc2)C1. The van der Waals surface area contributed by atoms with E-state index >= 15 is 0 Å². The van der Waals surface area contributed by atoms with E-state index in [1.54, 1.807) is 24.3 Å². The third-order valence-corrected chi connectivity index (χ3v) is 3.51. The van der Waals surface area contributed by atoms with Crippen LogP contribution in [-0.2, 0) is 4.74 Å². The number of aliphatic hydroxyl groups excluding tert-OH is 1. The monoisotopic (exact) mass is 287 g/mol. The van der Waals surface area contributed by atoms with Crippen molar-refractivity contribution in [2.24, 2.45) is 0 Å². The van der Waals surface area contributed by atoms with Crippen molar-refractivity contribution in [2.75, 3.05) is 26.3 Å². The maximum Gasteiger partial charge on any atom is 0.253 e. The fraction of sp³-hybridized carbons (Fsp3) is 0.471. The van der Waals surface area contributed by atoms with Gasteiger partial charge < -0.3 is 14.7 Å². The van der Waals surface area contributed by atoms with Crippen molar-refractivity contribution >= 4 is 5.91 Å². The first-order valence-corrected chi connectivity index (χ1v) is 7.35. The average molecular weight is 287 g/mol. The largest absolute Gasteiger partial charge is 0.384 e. The Kier molecular flexibility index (Phi) is 5.79. The summed E-state index contributed by atoms with van der Waals surface area (Å²) >= 11 is 0. The van der Waals surface area contributed by atoms with E-state index in [1.807, 2.05) is 11.8 Å². The summed E-state index contributed by atoms with van der Waals surface area (Å²) in [4.78, 5) is 14.3. The number of rotatable bonds is 3. The Morgan fingerprint density at radius 3 is 2.86 bits per heavy atom. The molecular weight excluding hydrogens is 266 g/mol. The average Bonchev–Trinajstić information content (AvgIpc) is 2.53. The zero-order valence-corrected chi connectivity index (χ0v) is 12.3. The Morgan fingerprint density at radius 1 is 1.43 bits per heavy atom.